The number of rotatable bonds is 6. The van der Waals surface area contributed by atoms with Gasteiger partial charge in [-0.3, -0.25) is 4.79 Å². The van der Waals surface area contributed by atoms with E-state index in [2.05, 4.69) is 29.3 Å². The number of nitrogens with one attached hydrogen (secondary N) is 1. The van der Waals surface area contributed by atoms with Crippen molar-refractivity contribution in [2.75, 3.05) is 41.4 Å². The quantitative estimate of drug-likeness (QED) is 0.571. The van der Waals surface area contributed by atoms with Gasteiger partial charge in [-0.05, 0) is 54.3 Å². The van der Waals surface area contributed by atoms with E-state index >= 15 is 0 Å². The van der Waals surface area contributed by atoms with Crippen molar-refractivity contribution in [2.45, 2.75) is 26.4 Å². The van der Waals surface area contributed by atoms with E-state index in [1.165, 1.54) is 11.1 Å². The Morgan fingerprint density at radius 2 is 1.74 bits per heavy atom. The van der Waals surface area contributed by atoms with Crippen molar-refractivity contribution in [1.82, 2.24) is 15.1 Å². The summed E-state index contributed by atoms with van der Waals surface area (Å²) in [6.07, 6.45) is 0.918. The zero-order chi connectivity index (χ0) is 22.4. The Kier molecular flexibility index (Phi) is 7.39. The van der Waals surface area contributed by atoms with Gasteiger partial charge in [0.25, 0.3) is 5.91 Å². The van der Waals surface area contributed by atoms with Crippen LogP contribution in [-0.4, -0.2) is 63.1 Å². The van der Waals surface area contributed by atoms with Gasteiger partial charge in [-0.1, -0.05) is 12.1 Å². The number of carbonyl (C=O) groups is 1. The average molecular weight is 425 g/mol. The number of amides is 1. The second kappa shape index (κ2) is 10.2. The van der Waals surface area contributed by atoms with Crippen LogP contribution in [-0.2, 0) is 19.5 Å². The maximum absolute atomic E-state index is 12.1. The zero-order valence-corrected chi connectivity index (χ0v) is 19.1. The summed E-state index contributed by atoms with van der Waals surface area (Å²) in [6, 6.07) is 11.8. The minimum atomic E-state index is 0.00225. The molecule has 166 valence electrons. The average Bonchev–Trinajstić information content (AvgIpc) is 2.80. The number of methoxy groups -OCH3 is 2. The van der Waals surface area contributed by atoms with Gasteiger partial charge in [0.1, 0.15) is 0 Å². The third-order valence-corrected chi connectivity index (χ3v) is 5.37. The topological polar surface area (TPSA) is 66.4 Å². The van der Waals surface area contributed by atoms with Crippen LogP contribution in [0.2, 0.25) is 0 Å². The molecule has 0 aromatic heterocycles. The van der Waals surface area contributed by atoms with Crippen molar-refractivity contribution in [3.63, 3.8) is 0 Å². The van der Waals surface area contributed by atoms with Crippen LogP contribution in [0.1, 0.15) is 34.0 Å². The third-order valence-electron chi connectivity index (χ3n) is 5.37. The zero-order valence-electron chi connectivity index (χ0n) is 19.1. The molecular formula is C24H32N4O3. The lowest BCUT2D eigenvalue weighted by atomic mass is 9.99. The molecule has 7 nitrogen and oxygen atoms in total. The van der Waals surface area contributed by atoms with Gasteiger partial charge in [-0.15, -0.1) is 0 Å². The molecule has 0 aliphatic carbocycles. The maximum atomic E-state index is 12.1. The number of hydrogen-bond donors (Lipinski definition) is 1. The van der Waals surface area contributed by atoms with Crippen molar-refractivity contribution >= 4 is 11.9 Å². The first-order valence-electron chi connectivity index (χ1n) is 10.5. The summed E-state index contributed by atoms with van der Waals surface area (Å²) in [5, 5.41) is 3.41. The lowest BCUT2D eigenvalue weighted by molar-refractivity contribution is 0.0827. The summed E-state index contributed by atoms with van der Waals surface area (Å²) in [5.74, 6) is 2.41. The van der Waals surface area contributed by atoms with Crippen LogP contribution in [0.5, 0.6) is 11.5 Å². The molecule has 0 saturated carbocycles. The first-order chi connectivity index (χ1) is 15.0. The predicted octanol–water partition coefficient (Wildman–Crippen LogP) is 2.93. The normalized spacial score (nSPS) is 13.5. The Hall–Kier alpha value is -3.22. The minimum Gasteiger partial charge on any atom is -0.493 e. The molecule has 0 bridgehead atoms. The molecule has 2 aromatic rings. The minimum absolute atomic E-state index is 0.00225. The number of carbonyl (C=O) groups excluding carboxylic acids is 1. The predicted molar refractivity (Wildman–Crippen MR) is 123 cm³/mol. The summed E-state index contributed by atoms with van der Waals surface area (Å²) >= 11 is 0. The monoisotopic (exact) mass is 424 g/mol. The summed E-state index contributed by atoms with van der Waals surface area (Å²) < 4.78 is 10.9. The Morgan fingerprint density at radius 1 is 1.10 bits per heavy atom. The lowest BCUT2D eigenvalue weighted by Gasteiger charge is -2.32. The number of ether oxygens (including phenoxy) is 2. The van der Waals surface area contributed by atoms with E-state index in [0.717, 1.165) is 49.1 Å². The first kappa shape index (κ1) is 22.5. The number of guanidine groups is 1. The third kappa shape index (κ3) is 5.29. The molecule has 7 heteroatoms. The molecule has 0 fully saturated rings. The van der Waals surface area contributed by atoms with Gasteiger partial charge in [-0.2, -0.15) is 0 Å². The fourth-order valence-electron chi connectivity index (χ4n) is 3.67. The van der Waals surface area contributed by atoms with Crippen molar-refractivity contribution in [1.29, 1.82) is 0 Å². The van der Waals surface area contributed by atoms with Crippen molar-refractivity contribution in [3.05, 3.63) is 58.7 Å². The summed E-state index contributed by atoms with van der Waals surface area (Å²) in [4.78, 5) is 20.8. The Labute approximate surface area is 184 Å². The van der Waals surface area contributed by atoms with Crippen molar-refractivity contribution < 1.29 is 14.3 Å². The van der Waals surface area contributed by atoms with E-state index in [4.69, 9.17) is 14.5 Å². The van der Waals surface area contributed by atoms with Crippen LogP contribution in [0, 0.1) is 0 Å². The molecule has 0 atom stereocenters. The van der Waals surface area contributed by atoms with E-state index in [1.54, 1.807) is 33.2 Å². The summed E-state index contributed by atoms with van der Waals surface area (Å²) in [7, 11) is 6.84. The fraction of sp³-hybridized carbons (Fsp3) is 0.417. The first-order valence-corrected chi connectivity index (χ1v) is 10.5. The molecule has 31 heavy (non-hydrogen) atoms. The van der Waals surface area contributed by atoms with Crippen molar-refractivity contribution in [2.24, 2.45) is 4.99 Å². The molecule has 3 rings (SSSR count). The fourth-order valence-corrected chi connectivity index (χ4v) is 3.67. The maximum Gasteiger partial charge on any atom is 0.253 e. The van der Waals surface area contributed by atoms with Gasteiger partial charge < -0.3 is 24.6 Å². The van der Waals surface area contributed by atoms with Crippen LogP contribution < -0.4 is 14.8 Å². The molecular weight excluding hydrogens is 392 g/mol. The number of nitrogens with zero attached hydrogens (tertiary/aromatic N) is 3. The van der Waals surface area contributed by atoms with Crippen LogP contribution in [0.4, 0.5) is 0 Å². The molecule has 0 saturated heterocycles. The van der Waals surface area contributed by atoms with Gasteiger partial charge in [0.15, 0.2) is 17.5 Å². The van der Waals surface area contributed by atoms with Gasteiger partial charge in [-0.25, -0.2) is 4.99 Å². The highest BCUT2D eigenvalue weighted by atomic mass is 16.5. The molecule has 1 aliphatic heterocycles. The molecule has 1 aliphatic rings. The molecule has 1 N–H and O–H groups in total. The molecule has 0 spiro atoms. The Morgan fingerprint density at radius 3 is 2.32 bits per heavy atom. The van der Waals surface area contributed by atoms with Crippen molar-refractivity contribution in [3.8, 4) is 11.5 Å². The van der Waals surface area contributed by atoms with Crippen LogP contribution in [0.3, 0.4) is 0 Å². The summed E-state index contributed by atoms with van der Waals surface area (Å²) in [6.45, 7) is 5.06. The SMILES string of the molecule is CCNC(=NCc1ccc(C(=O)N(C)C)cc1)N1CCc2cc(OC)c(OC)cc2C1. The highest BCUT2D eigenvalue weighted by molar-refractivity contribution is 5.93. The second-order valence-corrected chi connectivity index (χ2v) is 7.71. The molecule has 0 radical (unpaired) electrons. The molecule has 0 unspecified atom stereocenters. The van der Waals surface area contributed by atoms with Gasteiger partial charge in [0.2, 0.25) is 0 Å². The van der Waals surface area contributed by atoms with Crippen LogP contribution in [0.15, 0.2) is 41.4 Å². The van der Waals surface area contributed by atoms with Gasteiger partial charge in [0, 0.05) is 39.3 Å². The van der Waals surface area contributed by atoms with E-state index in [9.17, 15) is 4.79 Å². The van der Waals surface area contributed by atoms with E-state index < -0.39 is 0 Å². The highest BCUT2D eigenvalue weighted by Crippen LogP contribution is 2.33. The summed E-state index contributed by atoms with van der Waals surface area (Å²) in [5.41, 5.74) is 4.25. The molecule has 1 heterocycles. The van der Waals surface area contributed by atoms with E-state index in [-0.39, 0.29) is 5.91 Å². The second-order valence-electron chi connectivity index (χ2n) is 7.71. The largest absolute Gasteiger partial charge is 0.493 e. The van der Waals surface area contributed by atoms with Gasteiger partial charge >= 0.3 is 0 Å². The Balaban J connectivity index is 1.75. The van der Waals surface area contributed by atoms with Crippen LogP contribution >= 0.6 is 0 Å². The van der Waals surface area contributed by atoms with E-state index in [0.29, 0.717) is 12.1 Å². The van der Waals surface area contributed by atoms with E-state index in [1.807, 2.05) is 24.3 Å². The van der Waals surface area contributed by atoms with Gasteiger partial charge in [0.05, 0.1) is 20.8 Å². The smallest absolute Gasteiger partial charge is 0.253 e. The number of benzene rings is 2. The molecule has 1 amide bonds. The standard InChI is InChI=1S/C24H32N4O3/c1-6-25-24(26-15-17-7-9-18(10-8-17)23(29)27(2)3)28-12-11-19-13-21(30-4)22(31-5)14-20(19)16-28/h7-10,13-14H,6,11-12,15-16H2,1-5H3,(H,25,26). The number of aliphatic imine (C=N–C) groups is 1. The number of fused-ring (bicyclic) bond motifs is 1. The highest BCUT2D eigenvalue weighted by Gasteiger charge is 2.21. The lowest BCUT2D eigenvalue weighted by Crippen LogP contribution is -2.44. The molecule has 2 aromatic carbocycles. The number of hydrogen-bond acceptors (Lipinski definition) is 4. The van der Waals surface area contributed by atoms with Crippen LogP contribution in [0.25, 0.3) is 0 Å². The Bertz CT molecular complexity index is 939.